The molecule has 5 heteroatoms. The molecule has 20 heavy (non-hydrogen) atoms. The van der Waals surface area contributed by atoms with Gasteiger partial charge in [-0.2, -0.15) is 0 Å². The van der Waals surface area contributed by atoms with Crippen molar-refractivity contribution in [1.82, 2.24) is 10.3 Å². The lowest BCUT2D eigenvalue weighted by Crippen LogP contribution is -2.18. The van der Waals surface area contributed by atoms with Crippen LogP contribution in [0.3, 0.4) is 0 Å². The molecule has 1 atom stereocenters. The molecule has 2 nitrogen and oxygen atoms in total. The fraction of sp³-hybridized carbons (Fsp3) is 0.400. The van der Waals surface area contributed by atoms with Crippen LogP contribution in [0, 0.1) is 12.7 Å². The van der Waals surface area contributed by atoms with E-state index in [9.17, 15) is 4.39 Å². The van der Waals surface area contributed by atoms with Gasteiger partial charge in [-0.25, -0.2) is 9.37 Å². The number of rotatable bonds is 5. The van der Waals surface area contributed by atoms with E-state index in [0.29, 0.717) is 0 Å². The molecule has 2 rings (SSSR count). The number of hydrogen-bond donors (Lipinski definition) is 1. The third kappa shape index (κ3) is 3.37. The highest BCUT2D eigenvalue weighted by Gasteiger charge is 2.15. The van der Waals surface area contributed by atoms with Crippen LogP contribution in [-0.2, 0) is 0 Å². The first kappa shape index (κ1) is 15.4. The monoisotopic (exact) mass is 312 g/mol. The van der Waals surface area contributed by atoms with Gasteiger partial charge in [0.1, 0.15) is 10.8 Å². The van der Waals surface area contributed by atoms with Crippen LogP contribution in [0.25, 0.3) is 10.6 Å². The predicted octanol–water partition coefficient (Wildman–Crippen LogP) is 4.97. The summed E-state index contributed by atoms with van der Waals surface area (Å²) in [4.78, 5) is 5.75. The number of thiazole rings is 1. The lowest BCUT2D eigenvalue weighted by Gasteiger charge is -2.11. The maximum Gasteiger partial charge on any atom is 0.142 e. The second-order valence-corrected chi connectivity index (χ2v) is 6.21. The van der Waals surface area contributed by atoms with Gasteiger partial charge in [-0.3, -0.25) is 0 Å². The minimum absolute atomic E-state index is 0.139. The van der Waals surface area contributed by atoms with E-state index in [0.717, 1.165) is 29.2 Å². The number of hydrogen-bond acceptors (Lipinski definition) is 3. The number of aryl methyl sites for hydroxylation is 1. The van der Waals surface area contributed by atoms with Crippen molar-refractivity contribution in [1.29, 1.82) is 0 Å². The molecule has 0 fully saturated rings. The zero-order valence-corrected chi connectivity index (χ0v) is 13.4. The number of halogens is 2. The highest BCUT2D eigenvalue weighted by atomic mass is 35.5. The molecular formula is C15H18ClFN2S. The van der Waals surface area contributed by atoms with Crippen molar-refractivity contribution in [3.05, 3.63) is 39.6 Å². The van der Waals surface area contributed by atoms with Crippen LogP contribution in [0.1, 0.15) is 36.9 Å². The van der Waals surface area contributed by atoms with Gasteiger partial charge in [0.05, 0.1) is 10.7 Å². The van der Waals surface area contributed by atoms with Gasteiger partial charge < -0.3 is 5.32 Å². The predicted molar refractivity (Wildman–Crippen MR) is 84.0 cm³/mol. The van der Waals surface area contributed by atoms with Crippen molar-refractivity contribution in [2.24, 2.45) is 0 Å². The van der Waals surface area contributed by atoms with Gasteiger partial charge in [0.15, 0.2) is 0 Å². The van der Waals surface area contributed by atoms with Crippen LogP contribution in [0.5, 0.6) is 0 Å². The van der Waals surface area contributed by atoms with Crippen molar-refractivity contribution >= 4 is 22.9 Å². The minimum atomic E-state index is -0.407. The van der Waals surface area contributed by atoms with E-state index < -0.39 is 5.82 Å². The average molecular weight is 313 g/mol. The molecule has 108 valence electrons. The van der Waals surface area contributed by atoms with Crippen molar-refractivity contribution in [2.45, 2.75) is 33.2 Å². The lowest BCUT2D eigenvalue weighted by atomic mass is 10.2. The zero-order valence-electron chi connectivity index (χ0n) is 11.8. The van der Waals surface area contributed by atoms with Gasteiger partial charge in [0.2, 0.25) is 0 Å². The molecule has 0 radical (unpaired) electrons. The maximum atomic E-state index is 13.5. The number of nitrogens with one attached hydrogen (secondary N) is 1. The molecule has 0 amide bonds. The standard InChI is InChI=1S/C15H18ClFN2S/c1-4-7-18-9(2)14-10(3)19-15(20-14)11-5-6-12(16)13(17)8-11/h5-6,8-9,18H,4,7H2,1-3H3. The minimum Gasteiger partial charge on any atom is -0.309 e. The Bertz CT molecular complexity index is 598. The molecule has 1 N–H and O–H groups in total. The lowest BCUT2D eigenvalue weighted by molar-refractivity contribution is 0.575. The largest absolute Gasteiger partial charge is 0.309 e. The topological polar surface area (TPSA) is 24.9 Å². The Morgan fingerprint density at radius 3 is 2.85 bits per heavy atom. The summed E-state index contributed by atoms with van der Waals surface area (Å²) in [7, 11) is 0. The summed E-state index contributed by atoms with van der Waals surface area (Å²) in [6.07, 6.45) is 1.09. The summed E-state index contributed by atoms with van der Waals surface area (Å²) >= 11 is 7.31. The molecule has 1 aromatic carbocycles. The first-order valence-electron chi connectivity index (χ1n) is 6.69. The van der Waals surface area contributed by atoms with Gasteiger partial charge in [-0.05, 0) is 38.9 Å². The van der Waals surface area contributed by atoms with Crippen LogP contribution in [0.2, 0.25) is 5.02 Å². The van der Waals surface area contributed by atoms with Gasteiger partial charge in [0, 0.05) is 16.5 Å². The summed E-state index contributed by atoms with van der Waals surface area (Å²) in [6, 6.07) is 5.08. The fourth-order valence-electron chi connectivity index (χ4n) is 2.02. The smallest absolute Gasteiger partial charge is 0.142 e. The molecule has 1 unspecified atom stereocenters. The second-order valence-electron chi connectivity index (χ2n) is 4.77. The molecule has 0 aliphatic carbocycles. The van der Waals surface area contributed by atoms with Gasteiger partial charge >= 0.3 is 0 Å². The summed E-state index contributed by atoms with van der Waals surface area (Å²) in [5.41, 5.74) is 1.77. The van der Waals surface area contributed by atoms with Crippen LogP contribution in [-0.4, -0.2) is 11.5 Å². The number of aromatic nitrogens is 1. The van der Waals surface area contributed by atoms with Crippen molar-refractivity contribution in [3.63, 3.8) is 0 Å². The van der Waals surface area contributed by atoms with E-state index in [4.69, 9.17) is 11.6 Å². The summed E-state index contributed by atoms with van der Waals surface area (Å²) < 4.78 is 13.5. The normalized spacial score (nSPS) is 12.7. The average Bonchev–Trinajstić information content (AvgIpc) is 2.81. The van der Waals surface area contributed by atoms with E-state index in [1.807, 2.05) is 6.92 Å². The molecule has 1 aromatic heterocycles. The third-order valence-corrected chi connectivity index (χ3v) is 4.79. The number of nitrogens with zero attached hydrogens (tertiary/aromatic N) is 1. The van der Waals surface area contributed by atoms with E-state index in [1.54, 1.807) is 23.5 Å². The van der Waals surface area contributed by atoms with E-state index in [1.165, 1.54) is 10.9 Å². The molecule has 0 saturated heterocycles. The summed E-state index contributed by atoms with van der Waals surface area (Å²) in [5.74, 6) is -0.407. The van der Waals surface area contributed by atoms with Crippen molar-refractivity contribution < 1.29 is 4.39 Å². The molecule has 0 saturated carbocycles. The Balaban J connectivity index is 2.28. The second kappa shape index (κ2) is 6.66. The van der Waals surface area contributed by atoms with E-state index >= 15 is 0 Å². The third-order valence-electron chi connectivity index (χ3n) is 3.09. The molecule has 0 aliphatic heterocycles. The first-order valence-corrected chi connectivity index (χ1v) is 7.88. The van der Waals surface area contributed by atoms with E-state index in [-0.39, 0.29) is 11.1 Å². The quantitative estimate of drug-likeness (QED) is 0.843. The molecule has 0 aliphatic rings. The van der Waals surface area contributed by atoms with Crippen molar-refractivity contribution in [2.75, 3.05) is 6.54 Å². The van der Waals surface area contributed by atoms with E-state index in [2.05, 4.69) is 24.1 Å². The molecule has 0 bridgehead atoms. The van der Waals surface area contributed by atoms with Crippen LogP contribution in [0.4, 0.5) is 4.39 Å². The highest BCUT2D eigenvalue weighted by molar-refractivity contribution is 7.15. The molecule has 2 aromatic rings. The fourth-order valence-corrected chi connectivity index (χ4v) is 3.22. The van der Waals surface area contributed by atoms with Crippen LogP contribution < -0.4 is 5.32 Å². The molecule has 0 spiro atoms. The highest BCUT2D eigenvalue weighted by Crippen LogP contribution is 2.33. The Kier molecular flexibility index (Phi) is 5.13. The Hall–Kier alpha value is -0.970. The van der Waals surface area contributed by atoms with Gasteiger partial charge in [-0.1, -0.05) is 24.6 Å². The SMILES string of the molecule is CCCNC(C)c1sc(-c2ccc(Cl)c(F)c2)nc1C. The Morgan fingerprint density at radius 1 is 1.45 bits per heavy atom. The Labute approximate surface area is 128 Å². The molecule has 1 heterocycles. The van der Waals surface area contributed by atoms with Gasteiger partial charge in [0.25, 0.3) is 0 Å². The van der Waals surface area contributed by atoms with Crippen LogP contribution in [0.15, 0.2) is 18.2 Å². The van der Waals surface area contributed by atoms with Crippen molar-refractivity contribution in [3.8, 4) is 10.6 Å². The Morgan fingerprint density at radius 2 is 2.20 bits per heavy atom. The summed E-state index contributed by atoms with van der Waals surface area (Å²) in [5, 5.41) is 4.42. The maximum absolute atomic E-state index is 13.5. The van der Waals surface area contributed by atoms with Crippen LogP contribution >= 0.6 is 22.9 Å². The molecular weight excluding hydrogens is 295 g/mol. The first-order chi connectivity index (χ1) is 9.52. The number of benzene rings is 1. The van der Waals surface area contributed by atoms with Gasteiger partial charge in [-0.15, -0.1) is 11.3 Å². The summed E-state index contributed by atoms with van der Waals surface area (Å²) in [6.45, 7) is 7.23. The zero-order chi connectivity index (χ0) is 14.7.